The molecule has 1 saturated heterocycles. The van der Waals surface area contributed by atoms with Gasteiger partial charge in [-0.3, -0.25) is 0 Å². The second-order valence-electron chi connectivity index (χ2n) is 7.39. The predicted molar refractivity (Wildman–Crippen MR) is 72.2 cm³/mol. The summed E-state index contributed by atoms with van der Waals surface area (Å²) < 4.78 is 6.09. The van der Waals surface area contributed by atoms with E-state index in [1.165, 1.54) is 19.3 Å². The minimum Gasteiger partial charge on any atom is -0.375 e. The SMILES string of the molecule is CCC1(C)COC2CCC(C(C)(C)C)CC2N1. The highest BCUT2D eigenvalue weighted by atomic mass is 16.5. The first kappa shape index (κ1) is 13.4. The van der Waals surface area contributed by atoms with Crippen LogP contribution in [0.5, 0.6) is 0 Å². The Morgan fingerprint density at radius 3 is 2.59 bits per heavy atom. The number of fused-ring (bicyclic) bond motifs is 1. The van der Waals surface area contributed by atoms with Crippen LogP contribution in [0.2, 0.25) is 0 Å². The monoisotopic (exact) mass is 239 g/mol. The van der Waals surface area contributed by atoms with E-state index in [-0.39, 0.29) is 5.54 Å². The first-order chi connectivity index (χ1) is 7.84. The Bertz CT molecular complexity index is 271. The summed E-state index contributed by atoms with van der Waals surface area (Å²) in [7, 11) is 0. The lowest BCUT2D eigenvalue weighted by molar-refractivity contribution is -0.0897. The van der Waals surface area contributed by atoms with E-state index < -0.39 is 0 Å². The summed E-state index contributed by atoms with van der Waals surface area (Å²) in [6, 6.07) is 0.576. The van der Waals surface area contributed by atoms with Crippen LogP contribution in [-0.4, -0.2) is 24.3 Å². The van der Waals surface area contributed by atoms with Crippen LogP contribution in [0.4, 0.5) is 0 Å². The molecule has 0 amide bonds. The van der Waals surface area contributed by atoms with E-state index in [4.69, 9.17) is 4.74 Å². The fourth-order valence-corrected chi connectivity index (χ4v) is 3.27. The number of morpholine rings is 1. The number of ether oxygens (including phenoxy) is 1. The molecule has 2 aliphatic rings. The summed E-state index contributed by atoms with van der Waals surface area (Å²) in [5, 5.41) is 3.86. The zero-order valence-electron chi connectivity index (χ0n) is 12.2. The van der Waals surface area contributed by atoms with Gasteiger partial charge in [-0.25, -0.2) is 0 Å². The first-order valence-corrected chi connectivity index (χ1v) is 7.23. The summed E-state index contributed by atoms with van der Waals surface area (Å²) >= 11 is 0. The van der Waals surface area contributed by atoms with Crippen LogP contribution in [0.25, 0.3) is 0 Å². The van der Waals surface area contributed by atoms with E-state index in [1.807, 2.05) is 0 Å². The van der Waals surface area contributed by atoms with Crippen molar-refractivity contribution in [2.24, 2.45) is 11.3 Å². The third-order valence-electron chi connectivity index (χ3n) is 4.94. The normalized spacial score (nSPS) is 43.2. The third-order valence-corrected chi connectivity index (χ3v) is 4.94. The molecule has 1 saturated carbocycles. The molecule has 1 aliphatic heterocycles. The Hall–Kier alpha value is -0.0800. The van der Waals surface area contributed by atoms with Crippen molar-refractivity contribution in [1.82, 2.24) is 5.32 Å². The highest BCUT2D eigenvalue weighted by Crippen LogP contribution is 2.40. The van der Waals surface area contributed by atoms with Gasteiger partial charge in [0.25, 0.3) is 0 Å². The lowest BCUT2D eigenvalue weighted by atomic mass is 9.69. The molecule has 0 aromatic carbocycles. The molecule has 0 aromatic rings. The molecule has 2 nitrogen and oxygen atoms in total. The van der Waals surface area contributed by atoms with Crippen molar-refractivity contribution in [3.05, 3.63) is 0 Å². The highest BCUT2D eigenvalue weighted by molar-refractivity contribution is 4.98. The van der Waals surface area contributed by atoms with Gasteiger partial charge in [-0.15, -0.1) is 0 Å². The van der Waals surface area contributed by atoms with Crippen LogP contribution < -0.4 is 5.32 Å². The van der Waals surface area contributed by atoms with Crippen LogP contribution in [0, 0.1) is 11.3 Å². The van der Waals surface area contributed by atoms with Gasteiger partial charge in [0.2, 0.25) is 0 Å². The summed E-state index contributed by atoms with van der Waals surface area (Å²) in [5.41, 5.74) is 0.633. The number of rotatable bonds is 1. The smallest absolute Gasteiger partial charge is 0.0729 e. The minimum atomic E-state index is 0.195. The Balaban J connectivity index is 2.02. The van der Waals surface area contributed by atoms with Crippen molar-refractivity contribution in [2.75, 3.05) is 6.61 Å². The van der Waals surface area contributed by atoms with Crippen LogP contribution in [-0.2, 0) is 4.74 Å². The molecule has 100 valence electrons. The maximum atomic E-state index is 6.09. The van der Waals surface area contributed by atoms with Crippen molar-refractivity contribution in [2.45, 2.75) is 78.0 Å². The van der Waals surface area contributed by atoms with Gasteiger partial charge in [-0.2, -0.15) is 0 Å². The first-order valence-electron chi connectivity index (χ1n) is 7.23. The van der Waals surface area contributed by atoms with Gasteiger partial charge in [-0.05, 0) is 43.9 Å². The molecule has 2 rings (SSSR count). The molecule has 1 aliphatic carbocycles. The maximum Gasteiger partial charge on any atom is 0.0729 e. The molecule has 0 spiro atoms. The van der Waals surface area contributed by atoms with Gasteiger partial charge in [-0.1, -0.05) is 27.7 Å². The Kier molecular flexibility index (Phi) is 3.57. The van der Waals surface area contributed by atoms with Crippen LogP contribution in [0.15, 0.2) is 0 Å². The molecule has 4 unspecified atom stereocenters. The molecule has 0 aromatic heterocycles. The van der Waals surface area contributed by atoms with Gasteiger partial charge >= 0.3 is 0 Å². The molecule has 1 N–H and O–H groups in total. The summed E-state index contributed by atoms with van der Waals surface area (Å²) in [6.45, 7) is 12.6. The Morgan fingerprint density at radius 2 is 2.00 bits per heavy atom. The number of hydrogen-bond donors (Lipinski definition) is 1. The second-order valence-corrected chi connectivity index (χ2v) is 7.39. The Morgan fingerprint density at radius 1 is 1.29 bits per heavy atom. The number of nitrogens with one attached hydrogen (secondary N) is 1. The number of hydrogen-bond acceptors (Lipinski definition) is 2. The molecule has 4 atom stereocenters. The summed E-state index contributed by atoms with van der Waals surface area (Å²) in [6.07, 6.45) is 5.46. The zero-order valence-corrected chi connectivity index (χ0v) is 12.2. The second kappa shape index (κ2) is 4.55. The van der Waals surface area contributed by atoms with E-state index in [9.17, 15) is 0 Å². The van der Waals surface area contributed by atoms with E-state index in [1.54, 1.807) is 0 Å². The van der Waals surface area contributed by atoms with Crippen molar-refractivity contribution >= 4 is 0 Å². The zero-order chi connectivity index (χ0) is 12.7. The van der Waals surface area contributed by atoms with E-state index in [0.717, 1.165) is 18.9 Å². The molecule has 2 fully saturated rings. The predicted octanol–water partition coefficient (Wildman–Crippen LogP) is 3.36. The van der Waals surface area contributed by atoms with Gasteiger partial charge in [0.15, 0.2) is 0 Å². The van der Waals surface area contributed by atoms with Crippen LogP contribution in [0.3, 0.4) is 0 Å². The van der Waals surface area contributed by atoms with Gasteiger partial charge in [0.1, 0.15) is 0 Å². The largest absolute Gasteiger partial charge is 0.375 e. The van der Waals surface area contributed by atoms with E-state index in [0.29, 0.717) is 17.6 Å². The molecule has 2 heteroatoms. The average Bonchev–Trinajstić information content (AvgIpc) is 2.27. The molecule has 0 bridgehead atoms. The Labute approximate surface area is 107 Å². The maximum absolute atomic E-state index is 6.09. The van der Waals surface area contributed by atoms with Gasteiger partial charge in [0.05, 0.1) is 12.7 Å². The summed E-state index contributed by atoms with van der Waals surface area (Å²) in [4.78, 5) is 0. The lowest BCUT2D eigenvalue weighted by Gasteiger charge is -2.49. The van der Waals surface area contributed by atoms with E-state index >= 15 is 0 Å². The van der Waals surface area contributed by atoms with Crippen molar-refractivity contribution in [3.63, 3.8) is 0 Å². The fraction of sp³-hybridized carbons (Fsp3) is 1.00. The summed E-state index contributed by atoms with van der Waals surface area (Å²) in [5.74, 6) is 0.832. The topological polar surface area (TPSA) is 21.3 Å². The van der Waals surface area contributed by atoms with Gasteiger partial charge in [0, 0.05) is 11.6 Å². The molecule has 0 radical (unpaired) electrons. The quantitative estimate of drug-likeness (QED) is 0.757. The van der Waals surface area contributed by atoms with Crippen molar-refractivity contribution in [1.29, 1.82) is 0 Å². The minimum absolute atomic E-state index is 0.195. The standard InChI is InChI=1S/C15H29NO/c1-6-15(5)10-17-13-8-7-11(14(2,3)4)9-12(13)16-15/h11-13,16H,6-10H2,1-5H3. The highest BCUT2D eigenvalue weighted by Gasteiger charge is 2.42. The fourth-order valence-electron chi connectivity index (χ4n) is 3.27. The lowest BCUT2D eigenvalue weighted by Crippen LogP contribution is -2.62. The van der Waals surface area contributed by atoms with Crippen LogP contribution in [0.1, 0.15) is 60.3 Å². The van der Waals surface area contributed by atoms with Crippen molar-refractivity contribution in [3.8, 4) is 0 Å². The van der Waals surface area contributed by atoms with E-state index in [2.05, 4.69) is 39.9 Å². The van der Waals surface area contributed by atoms with Crippen LogP contribution >= 0.6 is 0 Å². The molecule has 17 heavy (non-hydrogen) atoms. The molecular weight excluding hydrogens is 210 g/mol. The average molecular weight is 239 g/mol. The molecular formula is C15H29NO. The third kappa shape index (κ3) is 2.85. The molecule has 1 heterocycles. The van der Waals surface area contributed by atoms with Crippen molar-refractivity contribution < 1.29 is 4.74 Å². The van der Waals surface area contributed by atoms with Gasteiger partial charge < -0.3 is 10.1 Å².